The van der Waals surface area contributed by atoms with Crippen molar-refractivity contribution < 1.29 is 17.9 Å². The molecule has 0 saturated carbocycles. The lowest BCUT2D eigenvalue weighted by Crippen LogP contribution is -2.21. The second-order valence-corrected chi connectivity index (χ2v) is 5.45. The van der Waals surface area contributed by atoms with E-state index in [4.69, 9.17) is 15.2 Å². The molecule has 0 amide bonds. The summed E-state index contributed by atoms with van der Waals surface area (Å²) in [6.45, 7) is 0.349. The van der Waals surface area contributed by atoms with Gasteiger partial charge in [-0.25, -0.2) is 8.42 Å². The maximum absolute atomic E-state index is 11.8. The van der Waals surface area contributed by atoms with E-state index in [1.807, 2.05) is 0 Å². The van der Waals surface area contributed by atoms with Crippen molar-refractivity contribution in [1.29, 1.82) is 0 Å². The number of sulfonamides is 1. The molecule has 0 fully saturated rings. The normalized spacial score (nSPS) is 11.3. The molecule has 0 aromatic heterocycles. The molecule has 3 N–H and O–H groups in total. The SMILES string of the molecule is COCCS(=O)(=O)Nc1c(CN)cccc1OC. The van der Waals surface area contributed by atoms with Gasteiger partial charge in [0.2, 0.25) is 10.0 Å². The number of para-hydroxylation sites is 1. The third kappa shape index (κ3) is 3.86. The number of nitrogens with two attached hydrogens (primary N) is 1. The molecule has 0 atom stereocenters. The number of benzene rings is 1. The molecule has 7 heteroatoms. The Bertz CT molecular complexity index is 466. The summed E-state index contributed by atoms with van der Waals surface area (Å²) in [5.41, 5.74) is 6.64. The number of anilines is 1. The van der Waals surface area contributed by atoms with Crippen LogP contribution < -0.4 is 15.2 Å². The quantitative estimate of drug-likeness (QED) is 0.757. The van der Waals surface area contributed by atoms with Crippen LogP contribution in [0.5, 0.6) is 5.75 Å². The molecule has 0 heterocycles. The number of rotatable bonds is 7. The van der Waals surface area contributed by atoms with E-state index in [-0.39, 0.29) is 18.9 Å². The highest BCUT2D eigenvalue weighted by atomic mass is 32.2. The number of hydrogen-bond acceptors (Lipinski definition) is 5. The zero-order valence-corrected chi connectivity index (χ0v) is 11.3. The summed E-state index contributed by atoms with van der Waals surface area (Å²) in [7, 11) is -0.549. The summed E-state index contributed by atoms with van der Waals surface area (Å²) in [6, 6.07) is 5.18. The molecule has 0 bridgehead atoms. The van der Waals surface area contributed by atoms with Crippen LogP contribution in [0.15, 0.2) is 18.2 Å². The lowest BCUT2D eigenvalue weighted by Gasteiger charge is -2.15. The van der Waals surface area contributed by atoms with Crippen LogP contribution in [0.1, 0.15) is 5.56 Å². The molecule has 1 rings (SSSR count). The van der Waals surface area contributed by atoms with Crippen LogP contribution in [0, 0.1) is 0 Å². The van der Waals surface area contributed by atoms with Crippen molar-refractivity contribution >= 4 is 15.7 Å². The molecular weight excluding hydrogens is 256 g/mol. The van der Waals surface area contributed by atoms with Crippen molar-refractivity contribution in [2.24, 2.45) is 5.73 Å². The van der Waals surface area contributed by atoms with E-state index in [9.17, 15) is 8.42 Å². The Kier molecular flexibility index (Phi) is 5.39. The van der Waals surface area contributed by atoms with Gasteiger partial charge in [0, 0.05) is 13.7 Å². The first-order valence-corrected chi connectivity index (χ1v) is 7.04. The molecule has 0 aliphatic rings. The van der Waals surface area contributed by atoms with E-state index in [2.05, 4.69) is 4.72 Å². The second-order valence-electron chi connectivity index (χ2n) is 3.61. The molecule has 18 heavy (non-hydrogen) atoms. The van der Waals surface area contributed by atoms with E-state index < -0.39 is 10.0 Å². The Morgan fingerprint density at radius 2 is 2.06 bits per heavy atom. The highest BCUT2D eigenvalue weighted by Crippen LogP contribution is 2.29. The first kappa shape index (κ1) is 14.7. The van der Waals surface area contributed by atoms with Crippen molar-refractivity contribution in [3.63, 3.8) is 0 Å². The summed E-state index contributed by atoms with van der Waals surface area (Å²) >= 11 is 0. The minimum atomic E-state index is -3.47. The van der Waals surface area contributed by atoms with Crippen molar-refractivity contribution in [3.8, 4) is 5.75 Å². The zero-order valence-electron chi connectivity index (χ0n) is 10.5. The first-order chi connectivity index (χ1) is 8.54. The molecular formula is C11H18N2O4S. The summed E-state index contributed by atoms with van der Waals surface area (Å²) < 4.78 is 36.0. The number of nitrogens with one attached hydrogen (secondary N) is 1. The first-order valence-electron chi connectivity index (χ1n) is 5.39. The fourth-order valence-corrected chi connectivity index (χ4v) is 2.46. The summed E-state index contributed by atoms with van der Waals surface area (Å²) in [5, 5.41) is 0. The summed E-state index contributed by atoms with van der Waals surface area (Å²) in [6.07, 6.45) is 0. The molecule has 1 aromatic carbocycles. The minimum absolute atomic E-state index is 0.119. The summed E-state index contributed by atoms with van der Waals surface area (Å²) in [4.78, 5) is 0. The van der Waals surface area contributed by atoms with E-state index in [1.165, 1.54) is 14.2 Å². The standard InChI is InChI=1S/C11H18N2O4S/c1-16-6-7-18(14,15)13-11-9(8-12)4-3-5-10(11)17-2/h3-5,13H,6-8,12H2,1-2H3. The van der Waals surface area contributed by atoms with Gasteiger partial charge in [0.25, 0.3) is 0 Å². The molecule has 0 unspecified atom stereocenters. The molecule has 6 nitrogen and oxygen atoms in total. The Balaban J connectivity index is 3.02. The molecule has 1 aromatic rings. The fraction of sp³-hybridized carbons (Fsp3) is 0.455. The topological polar surface area (TPSA) is 90.7 Å². The van der Waals surface area contributed by atoms with Gasteiger partial charge in [-0.1, -0.05) is 12.1 Å². The predicted octanol–water partition coefficient (Wildman–Crippen LogP) is 0.542. The number of hydrogen-bond donors (Lipinski definition) is 2. The van der Waals surface area contributed by atoms with Crippen LogP contribution in [-0.2, 0) is 21.3 Å². The largest absolute Gasteiger partial charge is 0.495 e. The van der Waals surface area contributed by atoms with Gasteiger partial charge in [0.1, 0.15) is 5.75 Å². The van der Waals surface area contributed by atoms with Gasteiger partial charge >= 0.3 is 0 Å². The number of methoxy groups -OCH3 is 2. The van der Waals surface area contributed by atoms with Crippen LogP contribution in [0.2, 0.25) is 0 Å². The van der Waals surface area contributed by atoms with Crippen molar-refractivity contribution in [1.82, 2.24) is 0 Å². The minimum Gasteiger partial charge on any atom is -0.495 e. The van der Waals surface area contributed by atoms with Gasteiger partial charge in [-0.15, -0.1) is 0 Å². The second kappa shape index (κ2) is 6.58. The maximum atomic E-state index is 11.8. The van der Waals surface area contributed by atoms with Crippen molar-refractivity contribution in [2.45, 2.75) is 6.54 Å². The third-order valence-corrected chi connectivity index (χ3v) is 3.59. The van der Waals surface area contributed by atoms with Crippen LogP contribution in [0.4, 0.5) is 5.69 Å². The average molecular weight is 274 g/mol. The molecule has 0 saturated heterocycles. The molecule has 0 aliphatic heterocycles. The van der Waals surface area contributed by atoms with Gasteiger partial charge < -0.3 is 15.2 Å². The van der Waals surface area contributed by atoms with E-state index in [0.717, 1.165) is 0 Å². The molecule has 0 aliphatic carbocycles. The van der Waals surface area contributed by atoms with Crippen molar-refractivity contribution in [2.75, 3.05) is 31.3 Å². The lowest BCUT2D eigenvalue weighted by molar-refractivity contribution is 0.217. The van der Waals surface area contributed by atoms with Gasteiger partial charge in [-0.05, 0) is 11.6 Å². The molecule has 0 spiro atoms. The Morgan fingerprint density at radius 1 is 1.33 bits per heavy atom. The lowest BCUT2D eigenvalue weighted by atomic mass is 10.1. The highest BCUT2D eigenvalue weighted by Gasteiger charge is 2.15. The Morgan fingerprint density at radius 3 is 2.61 bits per heavy atom. The van der Waals surface area contributed by atoms with E-state index >= 15 is 0 Å². The van der Waals surface area contributed by atoms with Gasteiger partial charge in [-0.2, -0.15) is 0 Å². The third-order valence-electron chi connectivity index (χ3n) is 2.37. The molecule has 102 valence electrons. The maximum Gasteiger partial charge on any atom is 0.235 e. The van der Waals surface area contributed by atoms with Gasteiger partial charge in [-0.3, -0.25) is 4.72 Å². The van der Waals surface area contributed by atoms with Crippen LogP contribution in [0.25, 0.3) is 0 Å². The van der Waals surface area contributed by atoms with E-state index in [0.29, 0.717) is 17.0 Å². The van der Waals surface area contributed by atoms with Gasteiger partial charge in [0.05, 0.1) is 25.2 Å². The summed E-state index contributed by atoms with van der Waals surface area (Å²) in [5.74, 6) is 0.324. The Labute approximate surface area is 107 Å². The Hall–Kier alpha value is -1.31. The highest BCUT2D eigenvalue weighted by molar-refractivity contribution is 7.92. The van der Waals surface area contributed by atoms with E-state index in [1.54, 1.807) is 18.2 Å². The zero-order chi connectivity index (χ0) is 13.6. The predicted molar refractivity (Wildman–Crippen MR) is 70.2 cm³/mol. The number of ether oxygens (including phenoxy) is 2. The van der Waals surface area contributed by atoms with Crippen LogP contribution in [0.3, 0.4) is 0 Å². The average Bonchev–Trinajstić information content (AvgIpc) is 2.36. The van der Waals surface area contributed by atoms with Crippen LogP contribution >= 0.6 is 0 Å². The molecule has 0 radical (unpaired) electrons. The fourth-order valence-electron chi connectivity index (χ4n) is 1.43. The monoisotopic (exact) mass is 274 g/mol. The van der Waals surface area contributed by atoms with Gasteiger partial charge in [0.15, 0.2) is 0 Å². The van der Waals surface area contributed by atoms with Crippen LogP contribution in [-0.4, -0.2) is 35.0 Å². The smallest absolute Gasteiger partial charge is 0.235 e. The van der Waals surface area contributed by atoms with Crippen molar-refractivity contribution in [3.05, 3.63) is 23.8 Å².